The summed E-state index contributed by atoms with van der Waals surface area (Å²) in [7, 11) is 0. The van der Waals surface area contributed by atoms with Gasteiger partial charge in [0.05, 0.1) is 0 Å². The predicted molar refractivity (Wildman–Crippen MR) is 67.5 cm³/mol. The Hall–Kier alpha value is -1.39. The average Bonchev–Trinajstić information content (AvgIpc) is 2.37. The number of nitrogens with two attached hydrogens (primary N) is 1. The third-order valence-electron chi connectivity index (χ3n) is 2.33. The van der Waals surface area contributed by atoms with Gasteiger partial charge in [0.25, 0.3) is 0 Å². The molecule has 0 saturated carbocycles. The predicted octanol–water partition coefficient (Wildman–Crippen LogP) is 1.23. The molecule has 0 aliphatic heterocycles. The highest BCUT2D eigenvalue weighted by atomic mass is 16.5. The van der Waals surface area contributed by atoms with Gasteiger partial charge in [-0.25, -0.2) is 0 Å². The van der Waals surface area contributed by atoms with Gasteiger partial charge in [0.15, 0.2) is 0 Å². The molecule has 0 bridgehead atoms. The number of amides is 1. The first-order chi connectivity index (χ1) is 8.24. The zero-order valence-corrected chi connectivity index (χ0v) is 10.2. The van der Waals surface area contributed by atoms with Gasteiger partial charge in [-0.05, 0) is 12.0 Å². The molecule has 4 heteroatoms. The van der Waals surface area contributed by atoms with Crippen molar-refractivity contribution < 1.29 is 9.53 Å². The standard InChI is InChI=1S/C13H20N2O2/c1-2-8-17-10-13(16)15-9-12(14)11-6-4-3-5-7-11/h3-7,12H,2,8-10,14H2,1H3,(H,15,16). The molecule has 0 fully saturated rings. The van der Waals surface area contributed by atoms with Crippen molar-refractivity contribution in [3.8, 4) is 0 Å². The number of carbonyl (C=O) groups excluding carboxylic acids is 1. The van der Waals surface area contributed by atoms with Crippen LogP contribution in [0.2, 0.25) is 0 Å². The summed E-state index contributed by atoms with van der Waals surface area (Å²) in [5, 5.41) is 2.75. The maximum atomic E-state index is 11.4. The molecule has 94 valence electrons. The molecular formula is C13H20N2O2. The molecule has 1 aromatic carbocycles. The zero-order valence-electron chi connectivity index (χ0n) is 10.2. The van der Waals surface area contributed by atoms with Gasteiger partial charge in [0, 0.05) is 19.2 Å². The van der Waals surface area contributed by atoms with Gasteiger partial charge in [-0.3, -0.25) is 4.79 Å². The van der Waals surface area contributed by atoms with Gasteiger partial charge in [-0.2, -0.15) is 0 Å². The van der Waals surface area contributed by atoms with E-state index < -0.39 is 0 Å². The first-order valence-corrected chi connectivity index (χ1v) is 5.89. The molecule has 1 atom stereocenters. The molecule has 0 aliphatic carbocycles. The molecule has 1 unspecified atom stereocenters. The summed E-state index contributed by atoms with van der Waals surface area (Å²) in [6.07, 6.45) is 0.914. The second kappa shape index (κ2) is 7.81. The van der Waals surface area contributed by atoms with E-state index in [0.29, 0.717) is 13.2 Å². The van der Waals surface area contributed by atoms with Crippen molar-refractivity contribution in [1.29, 1.82) is 0 Å². The molecule has 0 aliphatic rings. The highest BCUT2D eigenvalue weighted by Crippen LogP contribution is 2.07. The molecule has 17 heavy (non-hydrogen) atoms. The lowest BCUT2D eigenvalue weighted by atomic mass is 10.1. The fourth-order valence-corrected chi connectivity index (χ4v) is 1.40. The summed E-state index contributed by atoms with van der Waals surface area (Å²) >= 11 is 0. The van der Waals surface area contributed by atoms with Crippen LogP contribution < -0.4 is 11.1 Å². The highest BCUT2D eigenvalue weighted by molar-refractivity contribution is 5.77. The highest BCUT2D eigenvalue weighted by Gasteiger charge is 2.07. The van der Waals surface area contributed by atoms with Crippen LogP contribution in [0.4, 0.5) is 0 Å². The minimum absolute atomic E-state index is 0.106. The third kappa shape index (κ3) is 5.47. The SMILES string of the molecule is CCCOCC(=O)NCC(N)c1ccccc1. The Bertz CT molecular complexity index is 327. The van der Waals surface area contributed by atoms with E-state index in [1.54, 1.807) is 0 Å². The Morgan fingerprint density at radius 1 is 1.41 bits per heavy atom. The van der Waals surface area contributed by atoms with Crippen LogP contribution in [0.3, 0.4) is 0 Å². The Kier molecular flexibility index (Phi) is 6.29. The Labute approximate surface area is 102 Å². The average molecular weight is 236 g/mol. The summed E-state index contributed by atoms with van der Waals surface area (Å²) < 4.78 is 5.13. The van der Waals surface area contributed by atoms with E-state index in [9.17, 15) is 4.79 Å². The maximum Gasteiger partial charge on any atom is 0.246 e. The van der Waals surface area contributed by atoms with E-state index in [0.717, 1.165) is 12.0 Å². The van der Waals surface area contributed by atoms with Crippen molar-refractivity contribution in [2.75, 3.05) is 19.8 Å². The van der Waals surface area contributed by atoms with Crippen LogP contribution in [0, 0.1) is 0 Å². The van der Waals surface area contributed by atoms with E-state index >= 15 is 0 Å². The van der Waals surface area contributed by atoms with Crippen molar-refractivity contribution in [2.45, 2.75) is 19.4 Å². The number of carbonyl (C=O) groups is 1. The Morgan fingerprint density at radius 2 is 2.12 bits per heavy atom. The van der Waals surface area contributed by atoms with Gasteiger partial charge in [0.2, 0.25) is 5.91 Å². The first-order valence-electron chi connectivity index (χ1n) is 5.89. The van der Waals surface area contributed by atoms with Crippen LogP contribution in [-0.4, -0.2) is 25.7 Å². The Morgan fingerprint density at radius 3 is 2.76 bits per heavy atom. The third-order valence-corrected chi connectivity index (χ3v) is 2.33. The fraction of sp³-hybridized carbons (Fsp3) is 0.462. The number of nitrogens with one attached hydrogen (secondary N) is 1. The van der Waals surface area contributed by atoms with Crippen molar-refractivity contribution in [3.05, 3.63) is 35.9 Å². The largest absolute Gasteiger partial charge is 0.372 e. The van der Waals surface area contributed by atoms with Gasteiger partial charge >= 0.3 is 0 Å². The summed E-state index contributed by atoms with van der Waals surface area (Å²) in [5.41, 5.74) is 6.96. The first kappa shape index (κ1) is 13.7. The molecule has 1 rings (SSSR count). The second-order valence-corrected chi connectivity index (χ2v) is 3.87. The molecule has 4 nitrogen and oxygen atoms in total. The molecule has 0 spiro atoms. The van der Waals surface area contributed by atoms with Crippen LogP contribution in [0.25, 0.3) is 0 Å². The minimum atomic E-state index is -0.175. The fourth-order valence-electron chi connectivity index (χ4n) is 1.40. The molecular weight excluding hydrogens is 216 g/mol. The molecule has 1 amide bonds. The van der Waals surface area contributed by atoms with E-state index in [1.807, 2.05) is 37.3 Å². The number of benzene rings is 1. The number of rotatable bonds is 7. The van der Waals surface area contributed by atoms with Crippen LogP contribution >= 0.6 is 0 Å². The van der Waals surface area contributed by atoms with Crippen LogP contribution in [0.15, 0.2) is 30.3 Å². The summed E-state index contributed by atoms with van der Waals surface area (Å²) in [5.74, 6) is -0.121. The monoisotopic (exact) mass is 236 g/mol. The lowest BCUT2D eigenvalue weighted by Crippen LogP contribution is -2.34. The molecule has 1 aromatic rings. The van der Waals surface area contributed by atoms with Crippen LogP contribution in [0.1, 0.15) is 24.9 Å². The van der Waals surface area contributed by atoms with Crippen molar-refractivity contribution >= 4 is 5.91 Å². The lowest BCUT2D eigenvalue weighted by molar-refractivity contribution is -0.125. The van der Waals surface area contributed by atoms with E-state index in [2.05, 4.69) is 5.32 Å². The van der Waals surface area contributed by atoms with Crippen LogP contribution in [0.5, 0.6) is 0 Å². The van der Waals surface area contributed by atoms with Gasteiger partial charge in [-0.15, -0.1) is 0 Å². The summed E-state index contributed by atoms with van der Waals surface area (Å²) in [6.45, 7) is 3.15. The number of hydrogen-bond donors (Lipinski definition) is 2. The molecule has 0 heterocycles. The van der Waals surface area contributed by atoms with Crippen molar-refractivity contribution in [1.82, 2.24) is 5.32 Å². The maximum absolute atomic E-state index is 11.4. The number of hydrogen-bond acceptors (Lipinski definition) is 3. The molecule has 3 N–H and O–H groups in total. The second-order valence-electron chi connectivity index (χ2n) is 3.87. The normalized spacial score (nSPS) is 12.1. The topological polar surface area (TPSA) is 64.3 Å². The Balaban J connectivity index is 2.24. The van der Waals surface area contributed by atoms with Crippen molar-refractivity contribution in [3.63, 3.8) is 0 Å². The smallest absolute Gasteiger partial charge is 0.246 e. The molecule has 0 saturated heterocycles. The minimum Gasteiger partial charge on any atom is -0.372 e. The van der Waals surface area contributed by atoms with Gasteiger partial charge in [0.1, 0.15) is 6.61 Å². The van der Waals surface area contributed by atoms with E-state index in [-0.39, 0.29) is 18.6 Å². The van der Waals surface area contributed by atoms with E-state index in [4.69, 9.17) is 10.5 Å². The zero-order chi connectivity index (χ0) is 12.5. The summed E-state index contributed by atoms with van der Waals surface area (Å²) in [4.78, 5) is 11.4. The van der Waals surface area contributed by atoms with Gasteiger partial charge < -0.3 is 15.8 Å². The molecule has 0 aromatic heterocycles. The van der Waals surface area contributed by atoms with Crippen LogP contribution in [-0.2, 0) is 9.53 Å². The quantitative estimate of drug-likeness (QED) is 0.700. The van der Waals surface area contributed by atoms with Gasteiger partial charge in [-0.1, -0.05) is 37.3 Å². The van der Waals surface area contributed by atoms with Crippen molar-refractivity contribution in [2.24, 2.45) is 5.73 Å². The lowest BCUT2D eigenvalue weighted by Gasteiger charge is -2.13. The molecule has 0 radical (unpaired) electrons. The summed E-state index contributed by atoms with van der Waals surface area (Å²) in [6, 6.07) is 9.52. The van der Waals surface area contributed by atoms with E-state index in [1.165, 1.54) is 0 Å². The number of ether oxygens (including phenoxy) is 1.